The molecular weight excluding hydrogens is 162 g/mol. The molecule has 6 nitrogen and oxygen atoms in total. The molecule has 4 N–H and O–H groups in total. The lowest BCUT2D eigenvalue weighted by molar-refractivity contribution is -0.383. The van der Waals surface area contributed by atoms with E-state index in [-0.39, 0.29) is 11.4 Å². The number of benzene rings is 1. The van der Waals surface area contributed by atoms with Gasteiger partial charge in [-0.2, -0.15) is 0 Å². The fourth-order valence-corrected chi connectivity index (χ4v) is 0.790. The molecule has 1 rings (SSSR count). The highest BCUT2D eigenvalue weighted by molar-refractivity contribution is 5.65. The van der Waals surface area contributed by atoms with Gasteiger partial charge in [0.25, 0.3) is 5.69 Å². The highest BCUT2D eigenvalue weighted by Gasteiger charge is 2.10. The lowest BCUT2D eigenvalue weighted by Gasteiger charge is -1.99. The number of hydrogen-bond donors (Lipinski definition) is 3. The third-order valence-electron chi connectivity index (χ3n) is 1.35. The number of nitrogens with zero attached hydrogens (tertiary/aromatic N) is 1. The zero-order valence-electron chi connectivity index (χ0n) is 6.02. The van der Waals surface area contributed by atoms with Gasteiger partial charge in [-0.25, -0.2) is 0 Å². The molecular formula is C6H7N3O3. The fraction of sp³-hybridized carbons (Fsp3) is 0. The first-order valence-corrected chi connectivity index (χ1v) is 3.09. The van der Waals surface area contributed by atoms with E-state index in [1.807, 2.05) is 5.48 Å². The van der Waals surface area contributed by atoms with Crippen LogP contribution in [0.4, 0.5) is 17.1 Å². The summed E-state index contributed by atoms with van der Waals surface area (Å²) in [5, 5.41) is 18.7. The van der Waals surface area contributed by atoms with E-state index < -0.39 is 4.92 Å². The maximum atomic E-state index is 10.3. The van der Waals surface area contributed by atoms with Gasteiger partial charge in [0.2, 0.25) is 0 Å². The molecule has 0 bridgehead atoms. The second-order valence-corrected chi connectivity index (χ2v) is 2.14. The molecule has 0 fully saturated rings. The van der Waals surface area contributed by atoms with Crippen LogP contribution in [0.25, 0.3) is 0 Å². The van der Waals surface area contributed by atoms with Gasteiger partial charge in [0.05, 0.1) is 10.6 Å². The summed E-state index contributed by atoms with van der Waals surface area (Å²) in [6, 6.07) is 3.85. The minimum Gasteiger partial charge on any atom is -0.393 e. The van der Waals surface area contributed by atoms with Gasteiger partial charge in [0.15, 0.2) is 0 Å². The first-order chi connectivity index (χ1) is 5.65. The van der Waals surface area contributed by atoms with Crippen LogP contribution in [0.15, 0.2) is 18.2 Å². The fourth-order valence-electron chi connectivity index (χ4n) is 0.790. The molecule has 0 amide bonds. The molecule has 0 spiro atoms. The van der Waals surface area contributed by atoms with Crippen LogP contribution in [0.3, 0.4) is 0 Å². The van der Waals surface area contributed by atoms with E-state index >= 15 is 0 Å². The van der Waals surface area contributed by atoms with Crippen LogP contribution >= 0.6 is 0 Å². The molecule has 64 valence electrons. The Balaban J connectivity index is 3.12. The second kappa shape index (κ2) is 3.05. The standard InChI is InChI=1S/C6H7N3O3/c7-5-3-4(8-10)1-2-6(5)9(11)12/h1-3,8,10H,7H2. The van der Waals surface area contributed by atoms with E-state index in [1.54, 1.807) is 0 Å². The van der Waals surface area contributed by atoms with Crippen molar-refractivity contribution in [1.82, 2.24) is 0 Å². The Morgan fingerprint density at radius 3 is 2.67 bits per heavy atom. The van der Waals surface area contributed by atoms with Crippen molar-refractivity contribution in [3.05, 3.63) is 28.3 Å². The number of hydrogen-bond acceptors (Lipinski definition) is 5. The summed E-state index contributed by atoms with van der Waals surface area (Å²) in [4.78, 5) is 9.68. The van der Waals surface area contributed by atoms with Crippen molar-refractivity contribution in [1.29, 1.82) is 0 Å². The SMILES string of the molecule is Nc1cc(NO)ccc1[N+](=O)[O-]. The Morgan fingerprint density at radius 1 is 1.58 bits per heavy atom. The summed E-state index contributed by atoms with van der Waals surface area (Å²) < 4.78 is 0. The van der Waals surface area contributed by atoms with Crippen LogP contribution in [0.1, 0.15) is 0 Å². The molecule has 1 aromatic rings. The third kappa shape index (κ3) is 1.43. The van der Waals surface area contributed by atoms with Crippen molar-refractivity contribution in [3.8, 4) is 0 Å². The molecule has 0 atom stereocenters. The minimum absolute atomic E-state index is 0.0130. The van der Waals surface area contributed by atoms with Crippen LogP contribution in [-0.4, -0.2) is 10.1 Å². The first kappa shape index (κ1) is 8.28. The van der Waals surface area contributed by atoms with Crippen molar-refractivity contribution in [2.45, 2.75) is 0 Å². The van der Waals surface area contributed by atoms with Crippen molar-refractivity contribution in [3.63, 3.8) is 0 Å². The topological polar surface area (TPSA) is 101 Å². The van der Waals surface area contributed by atoms with Gasteiger partial charge >= 0.3 is 0 Å². The summed E-state index contributed by atoms with van der Waals surface area (Å²) >= 11 is 0. The van der Waals surface area contributed by atoms with Crippen molar-refractivity contribution < 1.29 is 10.1 Å². The lowest BCUT2D eigenvalue weighted by atomic mass is 10.2. The average molecular weight is 169 g/mol. The summed E-state index contributed by atoms with van der Waals surface area (Å²) in [5.74, 6) is 0. The average Bonchev–Trinajstić information content (AvgIpc) is 2.03. The maximum absolute atomic E-state index is 10.3. The Kier molecular flexibility index (Phi) is 2.11. The molecule has 0 radical (unpaired) electrons. The predicted octanol–water partition coefficient (Wildman–Crippen LogP) is 0.978. The summed E-state index contributed by atoms with van der Waals surface area (Å²) in [7, 11) is 0. The van der Waals surface area contributed by atoms with Crippen molar-refractivity contribution >= 4 is 17.1 Å². The minimum atomic E-state index is -0.587. The van der Waals surface area contributed by atoms with Gasteiger partial charge in [-0.3, -0.25) is 20.8 Å². The first-order valence-electron chi connectivity index (χ1n) is 3.09. The Morgan fingerprint density at radius 2 is 2.25 bits per heavy atom. The zero-order chi connectivity index (χ0) is 9.14. The smallest absolute Gasteiger partial charge is 0.292 e. The Labute approximate surface area is 67.7 Å². The molecule has 0 unspecified atom stereocenters. The van der Waals surface area contributed by atoms with E-state index in [2.05, 4.69) is 0 Å². The number of nitro benzene ring substituents is 1. The van der Waals surface area contributed by atoms with Crippen LogP contribution < -0.4 is 11.2 Å². The number of nitrogens with one attached hydrogen (secondary N) is 1. The zero-order valence-corrected chi connectivity index (χ0v) is 6.02. The summed E-state index contributed by atoms with van der Waals surface area (Å²) in [6.07, 6.45) is 0. The van der Waals surface area contributed by atoms with Gasteiger partial charge in [-0.05, 0) is 12.1 Å². The van der Waals surface area contributed by atoms with Crippen LogP contribution in [-0.2, 0) is 0 Å². The van der Waals surface area contributed by atoms with Crippen LogP contribution in [0, 0.1) is 10.1 Å². The van der Waals surface area contributed by atoms with Gasteiger partial charge in [0.1, 0.15) is 5.69 Å². The van der Waals surface area contributed by atoms with Crippen LogP contribution in [0.2, 0.25) is 0 Å². The van der Waals surface area contributed by atoms with E-state index in [4.69, 9.17) is 10.9 Å². The van der Waals surface area contributed by atoms with Crippen LogP contribution in [0.5, 0.6) is 0 Å². The quantitative estimate of drug-likeness (QED) is 0.348. The molecule has 1 aromatic carbocycles. The molecule has 0 aliphatic heterocycles. The second-order valence-electron chi connectivity index (χ2n) is 2.14. The number of nitrogens with two attached hydrogens (primary N) is 1. The number of nitrogen functional groups attached to an aromatic ring is 1. The van der Waals surface area contributed by atoms with E-state index in [9.17, 15) is 10.1 Å². The number of anilines is 2. The molecule has 0 saturated heterocycles. The highest BCUT2D eigenvalue weighted by atomic mass is 16.6. The van der Waals surface area contributed by atoms with E-state index in [0.717, 1.165) is 0 Å². The largest absolute Gasteiger partial charge is 0.393 e. The highest BCUT2D eigenvalue weighted by Crippen LogP contribution is 2.23. The predicted molar refractivity (Wildman–Crippen MR) is 42.9 cm³/mol. The number of rotatable bonds is 2. The lowest BCUT2D eigenvalue weighted by Crippen LogP contribution is -1.97. The molecule has 0 aliphatic carbocycles. The van der Waals surface area contributed by atoms with Crippen molar-refractivity contribution in [2.75, 3.05) is 11.2 Å². The molecule has 0 aromatic heterocycles. The third-order valence-corrected chi connectivity index (χ3v) is 1.35. The van der Waals surface area contributed by atoms with Crippen molar-refractivity contribution in [2.24, 2.45) is 0 Å². The van der Waals surface area contributed by atoms with Gasteiger partial charge in [0, 0.05) is 6.07 Å². The summed E-state index contributed by atoms with van der Waals surface area (Å²) in [6.45, 7) is 0. The number of nitro groups is 1. The van der Waals surface area contributed by atoms with Gasteiger partial charge in [-0.15, -0.1) is 0 Å². The monoisotopic (exact) mass is 169 g/mol. The molecule has 0 aliphatic rings. The Hall–Kier alpha value is -1.82. The Bertz CT molecular complexity index is 313. The molecule has 0 heterocycles. The molecule has 12 heavy (non-hydrogen) atoms. The van der Waals surface area contributed by atoms with Gasteiger partial charge < -0.3 is 5.73 Å². The summed E-state index contributed by atoms with van der Waals surface area (Å²) in [5.41, 5.74) is 7.29. The van der Waals surface area contributed by atoms with Gasteiger partial charge in [-0.1, -0.05) is 0 Å². The normalized spacial score (nSPS) is 9.42. The molecule has 0 saturated carbocycles. The molecule has 6 heteroatoms. The van der Waals surface area contributed by atoms with E-state index in [1.165, 1.54) is 18.2 Å². The van der Waals surface area contributed by atoms with E-state index in [0.29, 0.717) is 5.69 Å². The maximum Gasteiger partial charge on any atom is 0.292 e.